The fourth-order valence-corrected chi connectivity index (χ4v) is 0. The summed E-state index contributed by atoms with van der Waals surface area (Å²) in [4.78, 5) is 0. The van der Waals surface area contributed by atoms with Gasteiger partial charge in [0.15, 0.2) is 0 Å². The zero-order chi connectivity index (χ0) is 3.41. The third-order valence-electron chi connectivity index (χ3n) is 0.109. The Morgan fingerprint density at radius 3 is 2.20 bits per heavy atom. The van der Waals surface area contributed by atoms with Gasteiger partial charge in [-0.3, -0.25) is 4.29 Å². The van der Waals surface area contributed by atoms with Gasteiger partial charge in [0.25, 0.3) is 0 Å². The Bertz CT molecular complexity index is 15.5. The second kappa shape index (κ2) is 8.98. The molecule has 0 unspecified atom stereocenters. The Hall–Kier alpha value is 1.25. The first-order valence-corrected chi connectivity index (χ1v) is 1.46. The van der Waals surface area contributed by atoms with E-state index < -0.39 is 0 Å². The van der Waals surface area contributed by atoms with Gasteiger partial charge in [0, 0.05) is 0 Å². The molecule has 5 heavy (non-hydrogen) atoms. The van der Waals surface area contributed by atoms with Crippen LogP contribution in [0.5, 0.6) is 0 Å². The van der Waals surface area contributed by atoms with E-state index >= 15 is 0 Å². The summed E-state index contributed by atoms with van der Waals surface area (Å²) in [6.07, 6.45) is 0. The molecule has 0 spiro atoms. The molecule has 0 amide bonds. The van der Waals surface area contributed by atoms with E-state index in [9.17, 15) is 0 Å². The van der Waals surface area contributed by atoms with Crippen molar-refractivity contribution in [2.75, 3.05) is 6.61 Å². The van der Waals surface area contributed by atoms with E-state index in [4.69, 9.17) is 0 Å². The minimum atomic E-state index is 0. The average molecular weight is 105 g/mol. The molecule has 0 radical (unpaired) electrons. The largest absolute Gasteiger partial charge is 1.00 e. The van der Waals surface area contributed by atoms with Crippen LogP contribution in [-0.4, -0.2) is 6.61 Å². The van der Waals surface area contributed by atoms with Crippen LogP contribution in [0.4, 0.5) is 0 Å². The van der Waals surface area contributed by atoms with Crippen LogP contribution < -0.4 is 29.6 Å². The summed E-state index contributed by atoms with van der Waals surface area (Å²) in [7, 11) is 0. The maximum absolute atomic E-state index is 4.69. The van der Waals surface area contributed by atoms with Crippen molar-refractivity contribution in [3.8, 4) is 0 Å². The zero-order valence-corrected chi connectivity index (χ0v) is 6.25. The van der Waals surface area contributed by atoms with Gasteiger partial charge in [-0.05, 0) is 6.92 Å². The minimum Gasteiger partial charge on any atom is -1.00 e. The van der Waals surface area contributed by atoms with Crippen LogP contribution >= 0.6 is 11.9 Å². The number of hydrogen-bond acceptors (Lipinski definition) is 1. The summed E-state index contributed by atoms with van der Waals surface area (Å²) >= 11 is 4.69. The van der Waals surface area contributed by atoms with Gasteiger partial charge in [0.05, 0.1) is 18.5 Å². The number of rotatable bonds is 1. The van der Waals surface area contributed by atoms with Crippen LogP contribution in [0.25, 0.3) is 0 Å². The Labute approximate surface area is 60.6 Å². The summed E-state index contributed by atoms with van der Waals surface area (Å²) in [5.74, 6) is 0. The molecule has 0 saturated carbocycles. The fraction of sp³-hybridized carbons (Fsp3) is 1.00. The van der Waals surface area contributed by atoms with Gasteiger partial charge in [0.1, 0.15) is 0 Å². The number of hydrogen-bond donors (Lipinski definition) is 0. The van der Waals surface area contributed by atoms with Crippen LogP contribution in [0.15, 0.2) is 0 Å². The SMILES string of the molecule is CCOCl.[H-].[Na+]. The topological polar surface area (TPSA) is 9.23 Å². The van der Waals surface area contributed by atoms with E-state index in [2.05, 4.69) is 16.2 Å². The second-order valence-corrected chi connectivity index (χ2v) is 0.616. The van der Waals surface area contributed by atoms with Crippen molar-refractivity contribution in [1.29, 1.82) is 0 Å². The van der Waals surface area contributed by atoms with Gasteiger partial charge in [-0.1, -0.05) is 0 Å². The van der Waals surface area contributed by atoms with Crippen LogP contribution in [0.3, 0.4) is 0 Å². The van der Waals surface area contributed by atoms with E-state index in [0.717, 1.165) is 0 Å². The molecule has 0 aromatic carbocycles. The quantitative estimate of drug-likeness (QED) is 0.360. The van der Waals surface area contributed by atoms with Crippen molar-refractivity contribution in [2.45, 2.75) is 6.92 Å². The van der Waals surface area contributed by atoms with Crippen molar-refractivity contribution in [3.63, 3.8) is 0 Å². The van der Waals surface area contributed by atoms with Crippen molar-refractivity contribution >= 4 is 11.9 Å². The van der Waals surface area contributed by atoms with Crippen LogP contribution in [-0.2, 0) is 4.29 Å². The maximum atomic E-state index is 4.69. The zero-order valence-electron chi connectivity index (χ0n) is 4.49. The fourth-order valence-electron chi connectivity index (χ4n) is 0. The molecular weight excluding hydrogens is 98.5 g/mol. The van der Waals surface area contributed by atoms with E-state index in [0.29, 0.717) is 6.61 Å². The molecule has 3 heteroatoms. The van der Waals surface area contributed by atoms with Crippen molar-refractivity contribution in [3.05, 3.63) is 0 Å². The number of halogens is 1. The molecule has 0 atom stereocenters. The minimum absolute atomic E-state index is 0. The van der Waals surface area contributed by atoms with Gasteiger partial charge in [0.2, 0.25) is 0 Å². The average Bonchev–Trinajstić information content (AvgIpc) is 1.37. The normalized spacial score (nSPS) is 6.00. The molecule has 0 N–H and O–H groups in total. The third kappa shape index (κ3) is 11.0. The summed E-state index contributed by atoms with van der Waals surface area (Å²) in [6.45, 7) is 2.41. The van der Waals surface area contributed by atoms with E-state index in [-0.39, 0.29) is 31.0 Å². The Morgan fingerprint density at radius 1 is 2.00 bits per heavy atom. The molecule has 0 bridgehead atoms. The van der Waals surface area contributed by atoms with Gasteiger partial charge in [-0.2, -0.15) is 0 Å². The van der Waals surface area contributed by atoms with Crippen molar-refractivity contribution in [2.24, 2.45) is 0 Å². The van der Waals surface area contributed by atoms with E-state index in [1.807, 2.05) is 6.92 Å². The molecule has 0 rings (SSSR count). The smallest absolute Gasteiger partial charge is 1.00 e. The van der Waals surface area contributed by atoms with Gasteiger partial charge < -0.3 is 1.43 Å². The predicted octanol–water partition coefficient (Wildman–Crippen LogP) is -1.71. The van der Waals surface area contributed by atoms with Gasteiger partial charge >= 0.3 is 29.6 Å². The van der Waals surface area contributed by atoms with Crippen LogP contribution in [0.2, 0.25) is 0 Å². The molecule has 0 aliphatic heterocycles. The van der Waals surface area contributed by atoms with Crippen LogP contribution in [0, 0.1) is 0 Å². The first-order valence-electron chi connectivity index (χ1n) is 1.15. The molecule has 0 fully saturated rings. The summed E-state index contributed by atoms with van der Waals surface area (Å²) in [5, 5.41) is 0. The second-order valence-electron chi connectivity index (χ2n) is 0.398. The molecule has 28 valence electrons. The summed E-state index contributed by atoms with van der Waals surface area (Å²) in [6, 6.07) is 0. The molecule has 1 nitrogen and oxygen atoms in total. The molecule has 0 heterocycles. The standard InChI is InChI=1S/C2H5ClO.Na.H/c1-2-4-3;;/h2H2,1H3;;/q;+1;-1. The van der Waals surface area contributed by atoms with Gasteiger partial charge in [-0.25, -0.2) is 0 Å². The first kappa shape index (κ1) is 9.54. The molecule has 0 aromatic rings. The maximum Gasteiger partial charge on any atom is 1.00 e. The van der Waals surface area contributed by atoms with E-state index in [1.165, 1.54) is 0 Å². The monoisotopic (exact) mass is 104 g/mol. The molecule has 0 aromatic heterocycles. The Balaban J connectivity index is -0.0000000450. The summed E-state index contributed by atoms with van der Waals surface area (Å²) < 4.78 is 4.01. The summed E-state index contributed by atoms with van der Waals surface area (Å²) in [5.41, 5.74) is 0. The molecule has 0 saturated heterocycles. The predicted molar refractivity (Wildman–Crippen MR) is 18.6 cm³/mol. The third-order valence-corrected chi connectivity index (χ3v) is 0.327. The van der Waals surface area contributed by atoms with Crippen molar-refractivity contribution in [1.82, 2.24) is 0 Å². The first-order chi connectivity index (χ1) is 1.91. The molecule has 0 aliphatic carbocycles. The van der Waals surface area contributed by atoms with Crippen LogP contribution in [0.1, 0.15) is 8.35 Å². The molecular formula is C2H6ClNaO. The Kier molecular flexibility index (Phi) is 17.1. The van der Waals surface area contributed by atoms with Crippen molar-refractivity contribution < 1.29 is 35.3 Å². The Morgan fingerprint density at radius 2 is 2.20 bits per heavy atom. The van der Waals surface area contributed by atoms with E-state index in [1.54, 1.807) is 0 Å². The van der Waals surface area contributed by atoms with Gasteiger partial charge in [-0.15, -0.1) is 0 Å². The molecule has 0 aliphatic rings.